The molecule has 0 saturated heterocycles. The summed E-state index contributed by atoms with van der Waals surface area (Å²) in [5.74, 6) is 0. The Balaban J connectivity index is 0.0000109. The minimum Gasteiger partial charge on any atom is -1.00 e. The Morgan fingerprint density at radius 3 is 1.91 bits per heavy atom. The maximum Gasteiger partial charge on any atom is 0.115 e. The molecule has 1 unspecified atom stereocenters. The predicted octanol–water partition coefficient (Wildman–Crippen LogP) is 4.26. The lowest BCUT2D eigenvalue weighted by atomic mass is 10.1. The third kappa shape index (κ3) is 20.7. The van der Waals surface area contributed by atoms with Crippen molar-refractivity contribution in [1.29, 1.82) is 0 Å². The van der Waals surface area contributed by atoms with Gasteiger partial charge in [0.1, 0.15) is 19.2 Å². The number of nitrogens with zero attached hydrogens (tertiary/aromatic N) is 1. The van der Waals surface area contributed by atoms with Crippen molar-refractivity contribution < 1.29 is 26.6 Å². The fraction of sp³-hybridized carbons (Fsp3) is 0.733. The first-order valence-corrected chi connectivity index (χ1v) is 13.9. The molecular weight excluding hydrogens is 484 g/mol. The van der Waals surface area contributed by atoms with Crippen LogP contribution in [0.4, 0.5) is 0 Å². The normalized spacial score (nSPS) is 12.7. The van der Waals surface area contributed by atoms with Crippen molar-refractivity contribution in [2.75, 3.05) is 33.7 Å². The van der Waals surface area contributed by atoms with Gasteiger partial charge in [-0.25, -0.2) is 0 Å². The topological polar surface area (TPSA) is 32.3 Å². The van der Waals surface area contributed by atoms with Gasteiger partial charge in [0.15, 0.2) is 0 Å². The number of unbranched alkanes of at least 4 members (excludes halogenated alkanes) is 12. The molecule has 0 aliphatic carbocycles. The molecule has 0 spiro atoms. The molecule has 0 aliphatic heterocycles. The third-order valence-electron chi connectivity index (χ3n) is 6.40. The number of likely N-dealkylation sites (N-methyl/N-ethyl adjacent to an activating group) is 1. The Bertz CT molecular complexity index is 576. The Kier molecular flexibility index (Phi) is 22.3. The Morgan fingerprint density at radius 2 is 1.32 bits per heavy atom. The molecule has 0 bridgehead atoms. The molecule has 34 heavy (non-hydrogen) atoms. The fourth-order valence-corrected chi connectivity index (χ4v) is 4.54. The van der Waals surface area contributed by atoms with E-state index in [-0.39, 0.29) is 23.1 Å². The minimum absolute atomic E-state index is 0. The minimum atomic E-state index is -0.294. The highest BCUT2D eigenvalue weighted by atomic mass is 79.9. The van der Waals surface area contributed by atoms with Crippen LogP contribution in [0.5, 0.6) is 0 Å². The number of allylic oxidation sites excluding steroid dienone is 2. The summed E-state index contributed by atoms with van der Waals surface area (Å²) < 4.78 is 0.807. The summed E-state index contributed by atoms with van der Waals surface area (Å²) in [5, 5.41) is 13.9. The van der Waals surface area contributed by atoms with E-state index in [1.165, 1.54) is 95.5 Å². The smallest absolute Gasteiger partial charge is 0.115 e. The van der Waals surface area contributed by atoms with Crippen LogP contribution in [0, 0.1) is 0 Å². The molecule has 0 fully saturated rings. The Morgan fingerprint density at radius 1 is 0.794 bits per heavy atom. The molecule has 4 heteroatoms. The molecule has 0 aromatic heterocycles. The van der Waals surface area contributed by atoms with Gasteiger partial charge in [0.05, 0.1) is 14.1 Å². The van der Waals surface area contributed by atoms with E-state index in [0.29, 0.717) is 6.54 Å². The number of nitrogens with one attached hydrogen (secondary N) is 1. The summed E-state index contributed by atoms with van der Waals surface area (Å²) in [6.45, 7) is 5.72. The number of quaternary nitrogens is 1. The number of benzene rings is 1. The molecule has 0 amide bonds. The van der Waals surface area contributed by atoms with Crippen LogP contribution in [0.1, 0.15) is 102 Å². The number of hydrogen-bond donors (Lipinski definition) is 2. The summed E-state index contributed by atoms with van der Waals surface area (Å²) in [7, 11) is 4.39. The number of halogens is 1. The van der Waals surface area contributed by atoms with Gasteiger partial charge in [0.25, 0.3) is 0 Å². The molecular formula is C30H55BrN2O. The standard InChI is InChI=1S/C30H55N2O.BrH/c1-4-5-6-7-8-9-10-11-12-13-14-15-16-17-18-22-25-31-26-30(33)28-32(2,3)27-29-23-20-19-21-24-29;/h11-12,19-21,23-24,30-31,33H,4-10,13-18,22,25-28H2,1-3H3;1H/q+1;/p-1/b12-11-;. The summed E-state index contributed by atoms with van der Waals surface area (Å²) >= 11 is 0. The summed E-state index contributed by atoms with van der Waals surface area (Å²) in [4.78, 5) is 0. The van der Waals surface area contributed by atoms with Crippen LogP contribution in [-0.2, 0) is 6.54 Å². The first-order chi connectivity index (χ1) is 16.0. The molecule has 1 atom stereocenters. The van der Waals surface area contributed by atoms with E-state index in [0.717, 1.165) is 24.1 Å². The van der Waals surface area contributed by atoms with Gasteiger partial charge in [-0.15, -0.1) is 0 Å². The second-order valence-corrected chi connectivity index (χ2v) is 10.6. The first-order valence-electron chi connectivity index (χ1n) is 13.9. The lowest BCUT2D eigenvalue weighted by Gasteiger charge is -2.32. The van der Waals surface area contributed by atoms with Gasteiger partial charge in [-0.3, -0.25) is 0 Å². The summed E-state index contributed by atoms with van der Waals surface area (Å²) in [5.41, 5.74) is 1.33. The first kappa shape index (κ1) is 33.3. The van der Waals surface area contributed by atoms with Crippen LogP contribution in [0.3, 0.4) is 0 Å². The van der Waals surface area contributed by atoms with E-state index in [1.807, 2.05) is 0 Å². The van der Waals surface area contributed by atoms with Crippen LogP contribution >= 0.6 is 0 Å². The molecule has 0 aliphatic rings. The van der Waals surface area contributed by atoms with Gasteiger partial charge < -0.3 is 31.9 Å². The zero-order chi connectivity index (χ0) is 24.0. The van der Waals surface area contributed by atoms with Gasteiger partial charge >= 0.3 is 0 Å². The zero-order valence-corrected chi connectivity index (χ0v) is 24.2. The number of rotatable bonds is 22. The molecule has 2 N–H and O–H groups in total. The number of hydrogen-bond acceptors (Lipinski definition) is 2. The molecule has 1 aromatic rings. The molecule has 198 valence electrons. The highest BCUT2D eigenvalue weighted by molar-refractivity contribution is 5.13. The monoisotopic (exact) mass is 538 g/mol. The SMILES string of the molecule is CCCCCCCC/C=C\CCCCCCCCNCC(O)C[N+](C)(C)Cc1ccccc1.[Br-]. The van der Waals surface area contributed by atoms with E-state index >= 15 is 0 Å². The van der Waals surface area contributed by atoms with Crippen molar-refractivity contribution in [3.63, 3.8) is 0 Å². The third-order valence-corrected chi connectivity index (χ3v) is 6.40. The van der Waals surface area contributed by atoms with Crippen LogP contribution < -0.4 is 22.3 Å². The predicted molar refractivity (Wildman–Crippen MR) is 145 cm³/mol. The summed E-state index contributed by atoms with van der Waals surface area (Å²) in [6.07, 6.45) is 23.3. The second-order valence-electron chi connectivity index (χ2n) is 10.6. The van der Waals surface area contributed by atoms with Crippen molar-refractivity contribution in [1.82, 2.24) is 5.32 Å². The molecule has 1 aromatic carbocycles. The number of aliphatic hydroxyl groups is 1. The van der Waals surface area contributed by atoms with E-state index in [2.05, 4.69) is 68.8 Å². The van der Waals surface area contributed by atoms with Crippen LogP contribution in [0.15, 0.2) is 42.5 Å². The van der Waals surface area contributed by atoms with Crippen LogP contribution in [0.25, 0.3) is 0 Å². The van der Waals surface area contributed by atoms with Gasteiger partial charge in [-0.1, -0.05) is 107 Å². The average Bonchev–Trinajstić information content (AvgIpc) is 2.78. The molecule has 0 radical (unpaired) electrons. The highest BCUT2D eigenvalue weighted by Gasteiger charge is 2.20. The van der Waals surface area contributed by atoms with Crippen molar-refractivity contribution in [3.05, 3.63) is 48.0 Å². The molecule has 1 rings (SSSR count). The maximum atomic E-state index is 10.4. The molecule has 0 saturated carbocycles. The van der Waals surface area contributed by atoms with E-state index in [9.17, 15) is 5.11 Å². The van der Waals surface area contributed by atoms with Crippen LogP contribution in [-0.4, -0.2) is 49.4 Å². The molecule has 3 nitrogen and oxygen atoms in total. The van der Waals surface area contributed by atoms with Gasteiger partial charge in [0, 0.05) is 12.1 Å². The lowest BCUT2D eigenvalue weighted by Crippen LogP contribution is -3.00. The lowest BCUT2D eigenvalue weighted by molar-refractivity contribution is -0.906. The van der Waals surface area contributed by atoms with Crippen molar-refractivity contribution >= 4 is 0 Å². The van der Waals surface area contributed by atoms with E-state index < -0.39 is 0 Å². The summed E-state index contributed by atoms with van der Waals surface area (Å²) in [6, 6.07) is 10.6. The second kappa shape index (κ2) is 22.8. The van der Waals surface area contributed by atoms with Gasteiger partial charge in [-0.2, -0.15) is 0 Å². The Labute approximate surface area is 222 Å². The largest absolute Gasteiger partial charge is 1.00 e. The van der Waals surface area contributed by atoms with E-state index in [1.54, 1.807) is 0 Å². The van der Waals surface area contributed by atoms with Crippen molar-refractivity contribution in [2.24, 2.45) is 0 Å². The highest BCUT2D eigenvalue weighted by Crippen LogP contribution is 2.11. The fourth-order valence-electron chi connectivity index (χ4n) is 4.54. The Hall–Kier alpha value is -0.680. The zero-order valence-electron chi connectivity index (χ0n) is 22.6. The van der Waals surface area contributed by atoms with E-state index in [4.69, 9.17) is 0 Å². The van der Waals surface area contributed by atoms with Crippen molar-refractivity contribution in [2.45, 2.75) is 109 Å². The quantitative estimate of drug-likeness (QED) is 0.131. The van der Waals surface area contributed by atoms with Gasteiger partial charge in [0.2, 0.25) is 0 Å². The van der Waals surface area contributed by atoms with Gasteiger partial charge in [-0.05, 0) is 38.6 Å². The maximum absolute atomic E-state index is 10.4. The molecule has 0 heterocycles. The van der Waals surface area contributed by atoms with Crippen LogP contribution in [0.2, 0.25) is 0 Å². The van der Waals surface area contributed by atoms with Crippen molar-refractivity contribution in [3.8, 4) is 0 Å². The number of aliphatic hydroxyl groups excluding tert-OH is 1. The average molecular weight is 540 g/mol.